The molecule has 6 rings (SSSR count). The van der Waals surface area contributed by atoms with Crippen LogP contribution in [0.4, 0.5) is 13.2 Å². The van der Waals surface area contributed by atoms with Crippen LogP contribution >= 0.6 is 11.6 Å². The Morgan fingerprint density at radius 3 is 2.41 bits per heavy atom. The Hall–Kier alpha value is -3.68. The molecule has 4 nitrogen and oxygen atoms in total. The smallest absolute Gasteiger partial charge is 0.354 e. The summed E-state index contributed by atoms with van der Waals surface area (Å²) >= 11 is 6.12. The highest BCUT2D eigenvalue weighted by Crippen LogP contribution is 2.34. The van der Waals surface area contributed by atoms with Crippen LogP contribution in [0.25, 0.3) is 33.5 Å². The summed E-state index contributed by atoms with van der Waals surface area (Å²) in [5.74, 6) is 0.447. The molecule has 0 fully saturated rings. The number of aromatic amines is 1. The molecular weight excluding hydrogens is 497 g/mol. The molecule has 0 spiro atoms. The Bertz CT molecular complexity index is 1570. The summed E-state index contributed by atoms with van der Waals surface area (Å²) in [5.41, 5.74) is 6.35. The molecule has 3 heterocycles. The third kappa shape index (κ3) is 4.72. The van der Waals surface area contributed by atoms with Crippen molar-refractivity contribution in [2.24, 2.45) is 0 Å². The lowest BCUT2D eigenvalue weighted by atomic mass is 10.0. The van der Waals surface area contributed by atoms with Gasteiger partial charge in [0, 0.05) is 59.3 Å². The third-order valence-corrected chi connectivity index (χ3v) is 7.06. The molecule has 0 saturated carbocycles. The van der Waals surface area contributed by atoms with E-state index in [4.69, 9.17) is 16.6 Å². The fourth-order valence-corrected chi connectivity index (χ4v) is 5.03. The highest BCUT2D eigenvalue weighted by Gasteiger charge is 2.30. The summed E-state index contributed by atoms with van der Waals surface area (Å²) in [6, 6.07) is 21.1. The Morgan fingerprint density at radius 2 is 1.65 bits per heavy atom. The number of halogens is 4. The summed E-state index contributed by atoms with van der Waals surface area (Å²) in [6.45, 7) is 2.26. The van der Waals surface area contributed by atoms with Crippen molar-refractivity contribution in [2.75, 3.05) is 6.54 Å². The van der Waals surface area contributed by atoms with E-state index < -0.39 is 11.7 Å². The second kappa shape index (κ2) is 9.32. The minimum absolute atomic E-state index is 0.447. The van der Waals surface area contributed by atoms with Gasteiger partial charge in [0.1, 0.15) is 0 Å². The molecule has 0 aliphatic carbocycles. The summed E-state index contributed by atoms with van der Waals surface area (Å²) < 4.78 is 38.7. The van der Waals surface area contributed by atoms with E-state index in [1.165, 1.54) is 23.1 Å². The third-order valence-electron chi connectivity index (χ3n) is 6.81. The molecule has 8 heteroatoms. The van der Waals surface area contributed by atoms with Crippen molar-refractivity contribution in [1.82, 2.24) is 19.9 Å². The Labute approximate surface area is 216 Å². The molecule has 186 valence electrons. The zero-order valence-electron chi connectivity index (χ0n) is 19.7. The van der Waals surface area contributed by atoms with E-state index in [0.29, 0.717) is 23.0 Å². The lowest BCUT2D eigenvalue weighted by Crippen LogP contribution is -2.31. The number of alkyl halides is 3. The molecular formula is C29H22ClF3N4. The first-order valence-electron chi connectivity index (χ1n) is 12.0. The maximum atomic E-state index is 12.9. The number of fused-ring (bicyclic) bond motifs is 2. The standard InChI is InChI=1S/C29H22ClF3N4/c30-22-11-7-18(8-12-22)27-24(23-3-1-2-4-26(23)35-27)17-37-14-13-25-20(16-37)15-34-28(36-25)19-5-9-21(10-6-19)29(31,32)33/h1-12,15,35H,13-14,16-17H2. The molecule has 2 aromatic heterocycles. The van der Waals surface area contributed by atoms with E-state index in [-0.39, 0.29) is 0 Å². The molecule has 37 heavy (non-hydrogen) atoms. The second-order valence-corrected chi connectivity index (χ2v) is 9.67. The van der Waals surface area contributed by atoms with Crippen LogP contribution < -0.4 is 0 Å². The molecule has 3 aromatic carbocycles. The van der Waals surface area contributed by atoms with Gasteiger partial charge in [-0.25, -0.2) is 9.97 Å². The van der Waals surface area contributed by atoms with Gasteiger partial charge < -0.3 is 4.98 Å². The zero-order valence-corrected chi connectivity index (χ0v) is 20.4. The number of para-hydroxylation sites is 1. The van der Waals surface area contributed by atoms with Crippen LogP contribution in [-0.4, -0.2) is 26.4 Å². The molecule has 1 aliphatic heterocycles. The molecule has 0 amide bonds. The summed E-state index contributed by atoms with van der Waals surface area (Å²) in [5, 5.41) is 1.89. The predicted octanol–water partition coefficient (Wildman–Crippen LogP) is 7.52. The van der Waals surface area contributed by atoms with Gasteiger partial charge in [-0.2, -0.15) is 13.2 Å². The van der Waals surface area contributed by atoms with E-state index in [2.05, 4.69) is 27.0 Å². The van der Waals surface area contributed by atoms with Gasteiger partial charge in [-0.1, -0.05) is 54.1 Å². The van der Waals surface area contributed by atoms with Crippen molar-refractivity contribution in [2.45, 2.75) is 25.7 Å². The molecule has 1 N–H and O–H groups in total. The SMILES string of the molecule is FC(F)(F)c1ccc(-c2ncc3c(n2)CCN(Cc2c(-c4ccc(Cl)cc4)[nH]c4ccccc24)C3)cc1. The first-order valence-corrected chi connectivity index (χ1v) is 12.3. The first-order chi connectivity index (χ1) is 17.8. The van der Waals surface area contributed by atoms with Crippen LogP contribution in [0.2, 0.25) is 5.02 Å². The number of H-pyrrole nitrogens is 1. The van der Waals surface area contributed by atoms with E-state index in [0.717, 1.165) is 59.7 Å². The average molecular weight is 519 g/mol. The zero-order chi connectivity index (χ0) is 25.6. The number of hydrogen-bond acceptors (Lipinski definition) is 3. The van der Waals surface area contributed by atoms with Crippen LogP contribution in [0, 0.1) is 0 Å². The van der Waals surface area contributed by atoms with Crippen molar-refractivity contribution >= 4 is 22.5 Å². The summed E-state index contributed by atoms with van der Waals surface area (Å²) in [6.07, 6.45) is -1.82. The Morgan fingerprint density at radius 1 is 0.919 bits per heavy atom. The quantitative estimate of drug-likeness (QED) is 0.267. The van der Waals surface area contributed by atoms with Gasteiger partial charge >= 0.3 is 6.18 Å². The highest BCUT2D eigenvalue weighted by molar-refractivity contribution is 6.30. The monoisotopic (exact) mass is 518 g/mol. The molecule has 5 aromatic rings. The molecule has 0 unspecified atom stereocenters. The Balaban J connectivity index is 1.26. The first kappa shape index (κ1) is 23.7. The van der Waals surface area contributed by atoms with Gasteiger partial charge in [0.25, 0.3) is 0 Å². The maximum Gasteiger partial charge on any atom is 0.416 e. The highest BCUT2D eigenvalue weighted by atomic mass is 35.5. The van der Waals surface area contributed by atoms with Gasteiger partial charge in [0.15, 0.2) is 5.82 Å². The van der Waals surface area contributed by atoms with Gasteiger partial charge in [-0.05, 0) is 41.5 Å². The fraction of sp³-hybridized carbons (Fsp3) is 0.172. The largest absolute Gasteiger partial charge is 0.416 e. The number of rotatable bonds is 4. The van der Waals surface area contributed by atoms with Gasteiger partial charge in [0.05, 0.1) is 17.0 Å². The van der Waals surface area contributed by atoms with Crippen LogP contribution in [0.5, 0.6) is 0 Å². The van der Waals surface area contributed by atoms with Gasteiger partial charge in [-0.15, -0.1) is 0 Å². The van der Waals surface area contributed by atoms with Crippen molar-refractivity contribution in [3.05, 3.63) is 106 Å². The molecule has 1 aliphatic rings. The number of hydrogen-bond donors (Lipinski definition) is 1. The number of aromatic nitrogens is 3. The van der Waals surface area contributed by atoms with E-state index in [1.807, 2.05) is 36.4 Å². The minimum atomic E-state index is -4.36. The lowest BCUT2D eigenvalue weighted by molar-refractivity contribution is -0.137. The molecule has 0 saturated heterocycles. The molecule has 0 radical (unpaired) electrons. The number of nitrogens with zero attached hydrogens (tertiary/aromatic N) is 3. The predicted molar refractivity (Wildman–Crippen MR) is 139 cm³/mol. The van der Waals surface area contributed by atoms with Gasteiger partial charge in [-0.3, -0.25) is 4.90 Å². The number of nitrogens with one attached hydrogen (secondary N) is 1. The fourth-order valence-electron chi connectivity index (χ4n) is 4.91. The van der Waals surface area contributed by atoms with Crippen LogP contribution in [-0.2, 0) is 25.7 Å². The summed E-state index contributed by atoms with van der Waals surface area (Å²) in [7, 11) is 0. The molecule has 0 bridgehead atoms. The average Bonchev–Trinajstić information content (AvgIpc) is 3.26. The summed E-state index contributed by atoms with van der Waals surface area (Å²) in [4.78, 5) is 15.1. The normalized spacial score (nSPS) is 14.2. The molecule has 0 atom stereocenters. The van der Waals surface area contributed by atoms with Crippen molar-refractivity contribution in [3.63, 3.8) is 0 Å². The lowest BCUT2D eigenvalue weighted by Gasteiger charge is -2.28. The van der Waals surface area contributed by atoms with Crippen molar-refractivity contribution in [3.8, 4) is 22.6 Å². The maximum absolute atomic E-state index is 12.9. The van der Waals surface area contributed by atoms with Gasteiger partial charge in [0.2, 0.25) is 0 Å². The van der Waals surface area contributed by atoms with E-state index in [1.54, 1.807) is 6.20 Å². The van der Waals surface area contributed by atoms with E-state index in [9.17, 15) is 13.2 Å². The Kier molecular flexibility index (Phi) is 5.97. The van der Waals surface area contributed by atoms with Crippen LogP contribution in [0.3, 0.4) is 0 Å². The minimum Gasteiger partial charge on any atom is -0.354 e. The van der Waals surface area contributed by atoms with Crippen LogP contribution in [0.15, 0.2) is 79.0 Å². The van der Waals surface area contributed by atoms with Crippen molar-refractivity contribution < 1.29 is 13.2 Å². The second-order valence-electron chi connectivity index (χ2n) is 9.23. The van der Waals surface area contributed by atoms with Crippen LogP contribution in [0.1, 0.15) is 22.4 Å². The van der Waals surface area contributed by atoms with E-state index >= 15 is 0 Å². The topological polar surface area (TPSA) is 44.8 Å². The number of benzene rings is 3. The van der Waals surface area contributed by atoms with Crippen molar-refractivity contribution in [1.29, 1.82) is 0 Å².